The van der Waals surface area contributed by atoms with E-state index < -0.39 is 0 Å². The molecule has 1 aliphatic rings. The second kappa shape index (κ2) is 4.85. The van der Waals surface area contributed by atoms with E-state index in [0.717, 1.165) is 29.3 Å². The van der Waals surface area contributed by atoms with Crippen LogP contribution < -0.4 is 5.32 Å². The highest BCUT2D eigenvalue weighted by molar-refractivity contribution is 9.10. The molecule has 0 unspecified atom stereocenters. The Kier molecular flexibility index (Phi) is 3.22. The van der Waals surface area contributed by atoms with Gasteiger partial charge in [0, 0.05) is 29.8 Å². The number of anilines is 1. The molecule has 18 heavy (non-hydrogen) atoms. The Morgan fingerprint density at radius 1 is 1.50 bits per heavy atom. The summed E-state index contributed by atoms with van der Waals surface area (Å²) >= 11 is 3.42. The summed E-state index contributed by atoms with van der Waals surface area (Å²) in [5.41, 5.74) is 0.858. The molecule has 0 aliphatic heterocycles. The third-order valence-corrected chi connectivity index (χ3v) is 3.68. The number of hydrogen-bond donors (Lipinski definition) is 1. The fourth-order valence-corrected chi connectivity index (χ4v) is 2.30. The Labute approximate surface area is 114 Å². The van der Waals surface area contributed by atoms with Gasteiger partial charge in [-0.05, 0) is 48.0 Å². The molecule has 3 rings (SSSR count). The predicted octanol–water partition coefficient (Wildman–Crippen LogP) is 2.00. The van der Waals surface area contributed by atoms with Gasteiger partial charge in [0.15, 0.2) is 5.65 Å². The topological polar surface area (TPSA) is 45.5 Å². The van der Waals surface area contributed by atoms with Crippen LogP contribution in [0.4, 0.5) is 5.95 Å². The van der Waals surface area contributed by atoms with E-state index in [1.54, 1.807) is 4.52 Å². The van der Waals surface area contributed by atoms with Crippen LogP contribution in [0.25, 0.3) is 5.65 Å². The summed E-state index contributed by atoms with van der Waals surface area (Å²) in [6.07, 6.45) is 4.60. The molecule has 0 bridgehead atoms. The molecule has 1 saturated carbocycles. The third kappa shape index (κ3) is 2.64. The van der Waals surface area contributed by atoms with E-state index in [0.29, 0.717) is 5.95 Å². The Morgan fingerprint density at radius 2 is 2.33 bits per heavy atom. The van der Waals surface area contributed by atoms with Gasteiger partial charge in [0.1, 0.15) is 0 Å². The fraction of sp³-hybridized carbons (Fsp3) is 0.500. The minimum absolute atomic E-state index is 0.692. The van der Waals surface area contributed by atoms with Crippen molar-refractivity contribution in [3.63, 3.8) is 0 Å². The van der Waals surface area contributed by atoms with Gasteiger partial charge in [0.2, 0.25) is 5.95 Å². The monoisotopic (exact) mass is 309 g/mol. The smallest absolute Gasteiger partial charge is 0.243 e. The van der Waals surface area contributed by atoms with Crippen molar-refractivity contribution in [3.05, 3.63) is 22.8 Å². The molecule has 0 saturated heterocycles. The van der Waals surface area contributed by atoms with Gasteiger partial charge in [-0.2, -0.15) is 4.98 Å². The molecule has 0 radical (unpaired) electrons. The number of halogens is 1. The van der Waals surface area contributed by atoms with Gasteiger partial charge >= 0.3 is 0 Å². The van der Waals surface area contributed by atoms with Crippen LogP contribution in [0.1, 0.15) is 12.8 Å². The van der Waals surface area contributed by atoms with E-state index in [1.165, 1.54) is 12.8 Å². The van der Waals surface area contributed by atoms with Gasteiger partial charge in [-0.15, -0.1) is 5.10 Å². The molecular weight excluding hydrogens is 294 g/mol. The summed E-state index contributed by atoms with van der Waals surface area (Å²) in [4.78, 5) is 6.80. The Hall–Kier alpha value is -1.14. The number of fused-ring (bicyclic) bond motifs is 1. The minimum Gasteiger partial charge on any atom is -0.352 e. The molecule has 0 amide bonds. The lowest BCUT2D eigenvalue weighted by atomic mass is 10.5. The highest BCUT2D eigenvalue weighted by Gasteiger charge is 2.25. The first-order valence-corrected chi connectivity index (χ1v) is 6.98. The Bertz CT molecular complexity index is 548. The van der Waals surface area contributed by atoms with Crippen LogP contribution in [0.5, 0.6) is 0 Å². The second-order valence-electron chi connectivity index (χ2n) is 4.72. The molecule has 1 fully saturated rings. The molecule has 2 aromatic heterocycles. The predicted molar refractivity (Wildman–Crippen MR) is 74.8 cm³/mol. The van der Waals surface area contributed by atoms with E-state index in [2.05, 4.69) is 43.3 Å². The van der Waals surface area contributed by atoms with Gasteiger partial charge in [0.05, 0.1) is 0 Å². The van der Waals surface area contributed by atoms with Crippen molar-refractivity contribution >= 4 is 27.5 Å². The Morgan fingerprint density at radius 3 is 3.11 bits per heavy atom. The van der Waals surface area contributed by atoms with E-state index in [9.17, 15) is 0 Å². The SMILES string of the molecule is CN(CCNc1nc2ccc(Br)cn2n1)C1CC1. The van der Waals surface area contributed by atoms with Crippen molar-refractivity contribution in [3.8, 4) is 0 Å². The van der Waals surface area contributed by atoms with Crippen LogP contribution in [0.15, 0.2) is 22.8 Å². The van der Waals surface area contributed by atoms with Crippen LogP contribution in [-0.4, -0.2) is 45.7 Å². The number of aromatic nitrogens is 3. The molecule has 6 heteroatoms. The lowest BCUT2D eigenvalue weighted by Crippen LogP contribution is -2.27. The first-order valence-electron chi connectivity index (χ1n) is 6.18. The molecule has 0 spiro atoms. The molecule has 1 aliphatic carbocycles. The molecule has 0 atom stereocenters. The summed E-state index contributed by atoms with van der Waals surface area (Å²) in [6.45, 7) is 1.91. The van der Waals surface area contributed by atoms with Crippen LogP contribution in [0.3, 0.4) is 0 Å². The van der Waals surface area contributed by atoms with Crippen molar-refractivity contribution in [2.75, 3.05) is 25.5 Å². The maximum absolute atomic E-state index is 4.41. The van der Waals surface area contributed by atoms with Crippen LogP contribution in [0, 0.1) is 0 Å². The zero-order valence-electron chi connectivity index (χ0n) is 10.3. The molecule has 2 aromatic rings. The maximum atomic E-state index is 4.41. The normalized spacial score (nSPS) is 15.5. The number of likely N-dealkylation sites (N-methyl/N-ethyl adjacent to an activating group) is 1. The van der Waals surface area contributed by atoms with Gasteiger partial charge < -0.3 is 10.2 Å². The van der Waals surface area contributed by atoms with Crippen molar-refractivity contribution in [1.29, 1.82) is 0 Å². The van der Waals surface area contributed by atoms with Crippen LogP contribution in [0.2, 0.25) is 0 Å². The zero-order chi connectivity index (χ0) is 12.5. The van der Waals surface area contributed by atoms with E-state index in [1.807, 2.05) is 18.3 Å². The number of nitrogens with zero attached hydrogens (tertiary/aromatic N) is 4. The van der Waals surface area contributed by atoms with Crippen molar-refractivity contribution in [1.82, 2.24) is 19.5 Å². The molecular formula is C12H16BrN5. The number of pyridine rings is 1. The van der Waals surface area contributed by atoms with Crippen LogP contribution in [-0.2, 0) is 0 Å². The average Bonchev–Trinajstić information content (AvgIpc) is 3.11. The second-order valence-corrected chi connectivity index (χ2v) is 5.64. The minimum atomic E-state index is 0.692. The highest BCUT2D eigenvalue weighted by atomic mass is 79.9. The summed E-state index contributed by atoms with van der Waals surface area (Å²) < 4.78 is 2.77. The molecule has 5 nitrogen and oxygen atoms in total. The standard InChI is InChI=1S/C12H16BrN5/c1-17(10-3-4-10)7-6-14-12-15-11-5-2-9(13)8-18(11)16-12/h2,5,8,10H,3-4,6-7H2,1H3,(H,14,16). The third-order valence-electron chi connectivity index (χ3n) is 3.21. The van der Waals surface area contributed by atoms with Crippen LogP contribution >= 0.6 is 15.9 Å². The van der Waals surface area contributed by atoms with E-state index in [4.69, 9.17) is 0 Å². The van der Waals surface area contributed by atoms with Gasteiger partial charge in [-0.25, -0.2) is 4.52 Å². The van der Waals surface area contributed by atoms with E-state index >= 15 is 0 Å². The van der Waals surface area contributed by atoms with Gasteiger partial charge in [-0.3, -0.25) is 0 Å². The highest BCUT2D eigenvalue weighted by Crippen LogP contribution is 2.24. The Balaban J connectivity index is 1.60. The summed E-state index contributed by atoms with van der Waals surface area (Å²) in [5, 5.41) is 7.64. The molecule has 1 N–H and O–H groups in total. The lowest BCUT2D eigenvalue weighted by Gasteiger charge is -2.14. The number of rotatable bonds is 5. The summed E-state index contributed by atoms with van der Waals surface area (Å²) in [5.74, 6) is 0.692. The molecule has 0 aromatic carbocycles. The van der Waals surface area contributed by atoms with Crippen molar-refractivity contribution < 1.29 is 0 Å². The summed E-state index contributed by atoms with van der Waals surface area (Å²) in [6, 6.07) is 4.71. The maximum Gasteiger partial charge on any atom is 0.243 e. The number of nitrogens with one attached hydrogen (secondary N) is 1. The quantitative estimate of drug-likeness (QED) is 0.917. The largest absolute Gasteiger partial charge is 0.352 e. The van der Waals surface area contributed by atoms with Gasteiger partial charge in [0.25, 0.3) is 0 Å². The molecule has 2 heterocycles. The average molecular weight is 310 g/mol. The lowest BCUT2D eigenvalue weighted by molar-refractivity contribution is 0.337. The number of hydrogen-bond acceptors (Lipinski definition) is 4. The van der Waals surface area contributed by atoms with E-state index in [-0.39, 0.29) is 0 Å². The molecule has 96 valence electrons. The first kappa shape index (κ1) is 11.9. The van der Waals surface area contributed by atoms with Crippen molar-refractivity contribution in [2.45, 2.75) is 18.9 Å². The fourth-order valence-electron chi connectivity index (χ4n) is 1.97. The zero-order valence-corrected chi connectivity index (χ0v) is 11.9. The summed E-state index contributed by atoms with van der Waals surface area (Å²) in [7, 11) is 2.17. The van der Waals surface area contributed by atoms with Crippen molar-refractivity contribution in [2.24, 2.45) is 0 Å². The van der Waals surface area contributed by atoms with Gasteiger partial charge in [-0.1, -0.05) is 0 Å². The first-order chi connectivity index (χ1) is 8.72.